The van der Waals surface area contributed by atoms with Crippen molar-refractivity contribution >= 4 is 28.9 Å². The number of fused-ring (bicyclic) bond motifs is 3. The number of aromatic nitrogens is 2. The largest absolute Gasteiger partial charge is 0.496 e. The minimum absolute atomic E-state index is 0.139. The highest BCUT2D eigenvalue weighted by Gasteiger charge is 2.49. The summed E-state index contributed by atoms with van der Waals surface area (Å²) in [6.45, 7) is 2.21. The number of amides is 1. The van der Waals surface area contributed by atoms with Crippen LogP contribution in [-0.4, -0.2) is 55.9 Å². The molecule has 4 aromatic rings. The highest BCUT2D eigenvalue weighted by atomic mass is 16.5. The molecule has 0 fully saturated rings. The fraction of sp³-hybridized carbons (Fsp3) is 0.300. The van der Waals surface area contributed by atoms with Crippen molar-refractivity contribution in [2.75, 3.05) is 39.4 Å². The Morgan fingerprint density at radius 3 is 2.26 bits per heavy atom. The molecule has 0 bridgehead atoms. The molecule has 202 valence electrons. The number of para-hydroxylation sites is 2. The molecule has 39 heavy (non-hydrogen) atoms. The van der Waals surface area contributed by atoms with Gasteiger partial charge in [-0.3, -0.25) is 14.5 Å². The molecule has 0 saturated heterocycles. The third kappa shape index (κ3) is 4.65. The summed E-state index contributed by atoms with van der Waals surface area (Å²) in [7, 11) is 4.61. The summed E-state index contributed by atoms with van der Waals surface area (Å²) in [6.07, 6.45) is 0.593. The molecule has 1 aliphatic rings. The van der Waals surface area contributed by atoms with E-state index in [2.05, 4.69) is 0 Å². The average molecular weight is 530 g/mol. The van der Waals surface area contributed by atoms with E-state index >= 15 is 0 Å². The molecule has 0 spiro atoms. The predicted molar refractivity (Wildman–Crippen MR) is 147 cm³/mol. The number of rotatable bonds is 9. The highest BCUT2D eigenvalue weighted by Crippen LogP contribution is 2.47. The normalized spacial score (nSPS) is 16.6. The number of methoxy groups -OCH3 is 3. The molecule has 1 amide bonds. The van der Waals surface area contributed by atoms with E-state index in [0.717, 1.165) is 11.1 Å². The van der Waals surface area contributed by atoms with Crippen LogP contribution in [0, 0.1) is 5.92 Å². The number of imidazole rings is 1. The van der Waals surface area contributed by atoms with Crippen molar-refractivity contribution in [3.05, 3.63) is 77.9 Å². The van der Waals surface area contributed by atoms with Gasteiger partial charge in [0.25, 0.3) is 0 Å². The number of anilines is 1. The van der Waals surface area contributed by atoms with Gasteiger partial charge in [-0.15, -0.1) is 0 Å². The van der Waals surface area contributed by atoms with Crippen LogP contribution in [0.2, 0.25) is 0 Å². The van der Waals surface area contributed by atoms with Crippen molar-refractivity contribution in [2.24, 2.45) is 5.92 Å². The van der Waals surface area contributed by atoms with Crippen molar-refractivity contribution in [2.45, 2.75) is 19.4 Å². The van der Waals surface area contributed by atoms with Crippen LogP contribution >= 0.6 is 0 Å². The quantitative estimate of drug-likeness (QED) is 0.234. The highest BCUT2D eigenvalue weighted by molar-refractivity contribution is 6.08. The standard InChI is InChI=1S/C30H31N3O6/c1-5-39-29(35)26-27(20-17-24(37-3)25(38-4)18-23(20)36-2)33-22-14-10-9-13-21(22)31-30(33)32(28(26)34)16-15-19-11-7-6-8-12-19/h6-14,17-18,26-27H,5,15-16H2,1-4H3/t26-,27-/m0/s1. The molecular weight excluding hydrogens is 498 g/mol. The summed E-state index contributed by atoms with van der Waals surface area (Å²) in [4.78, 5) is 34.3. The van der Waals surface area contributed by atoms with E-state index in [4.69, 9.17) is 23.9 Å². The van der Waals surface area contributed by atoms with Gasteiger partial charge in [-0.1, -0.05) is 42.5 Å². The Kier molecular flexibility index (Phi) is 7.40. The Morgan fingerprint density at radius 1 is 0.897 bits per heavy atom. The summed E-state index contributed by atoms with van der Waals surface area (Å²) in [6, 6.07) is 20.2. The van der Waals surface area contributed by atoms with Gasteiger partial charge in [-0.25, -0.2) is 4.98 Å². The molecule has 0 unspecified atom stereocenters. The van der Waals surface area contributed by atoms with E-state index in [0.29, 0.717) is 47.2 Å². The minimum Gasteiger partial charge on any atom is -0.496 e. The van der Waals surface area contributed by atoms with Crippen molar-refractivity contribution < 1.29 is 28.5 Å². The van der Waals surface area contributed by atoms with Gasteiger partial charge in [-0.05, 0) is 37.1 Å². The van der Waals surface area contributed by atoms with Gasteiger partial charge in [-0.2, -0.15) is 0 Å². The lowest BCUT2D eigenvalue weighted by Gasteiger charge is -2.38. The van der Waals surface area contributed by atoms with Crippen molar-refractivity contribution in [3.8, 4) is 17.2 Å². The van der Waals surface area contributed by atoms with Crippen LogP contribution in [-0.2, 0) is 20.7 Å². The lowest BCUT2D eigenvalue weighted by Crippen LogP contribution is -2.50. The van der Waals surface area contributed by atoms with Gasteiger partial charge in [0.05, 0.1) is 45.0 Å². The first-order chi connectivity index (χ1) is 19.0. The Labute approximate surface area is 226 Å². The Hall–Kier alpha value is -4.53. The lowest BCUT2D eigenvalue weighted by molar-refractivity contribution is -0.153. The summed E-state index contributed by atoms with van der Waals surface area (Å²) >= 11 is 0. The third-order valence-electron chi connectivity index (χ3n) is 7.01. The zero-order valence-electron chi connectivity index (χ0n) is 22.4. The monoisotopic (exact) mass is 529 g/mol. The lowest BCUT2D eigenvalue weighted by atomic mass is 9.88. The molecule has 9 heteroatoms. The smallest absolute Gasteiger partial charge is 0.321 e. The number of carbonyl (C=O) groups is 2. The first-order valence-electron chi connectivity index (χ1n) is 12.8. The molecule has 0 radical (unpaired) electrons. The van der Waals surface area contributed by atoms with E-state index in [1.165, 1.54) is 21.3 Å². The zero-order valence-corrected chi connectivity index (χ0v) is 22.4. The molecule has 0 aliphatic carbocycles. The molecule has 3 aromatic carbocycles. The van der Waals surface area contributed by atoms with E-state index in [-0.39, 0.29) is 12.5 Å². The molecule has 2 heterocycles. The van der Waals surface area contributed by atoms with E-state index < -0.39 is 17.9 Å². The number of esters is 1. The second-order valence-electron chi connectivity index (χ2n) is 9.12. The molecule has 1 aromatic heterocycles. The van der Waals surface area contributed by atoms with Gasteiger partial charge in [0.15, 0.2) is 17.4 Å². The second kappa shape index (κ2) is 11.1. The number of hydrogen-bond acceptors (Lipinski definition) is 7. The molecule has 9 nitrogen and oxygen atoms in total. The zero-order chi connectivity index (χ0) is 27.5. The van der Waals surface area contributed by atoms with E-state index in [1.807, 2.05) is 59.2 Å². The number of hydrogen-bond donors (Lipinski definition) is 0. The number of carbonyl (C=O) groups excluding carboxylic acids is 2. The van der Waals surface area contributed by atoms with Crippen LogP contribution in [0.4, 0.5) is 5.95 Å². The van der Waals surface area contributed by atoms with Gasteiger partial charge in [0, 0.05) is 18.2 Å². The van der Waals surface area contributed by atoms with Gasteiger partial charge < -0.3 is 23.5 Å². The summed E-state index contributed by atoms with van der Waals surface area (Å²) in [5, 5.41) is 0. The van der Waals surface area contributed by atoms with Crippen LogP contribution < -0.4 is 19.1 Å². The Morgan fingerprint density at radius 2 is 1.56 bits per heavy atom. The van der Waals surface area contributed by atoms with Crippen LogP contribution in [0.1, 0.15) is 24.1 Å². The molecule has 1 aliphatic heterocycles. The van der Waals surface area contributed by atoms with E-state index in [9.17, 15) is 9.59 Å². The van der Waals surface area contributed by atoms with Crippen molar-refractivity contribution in [1.82, 2.24) is 9.55 Å². The van der Waals surface area contributed by atoms with Crippen LogP contribution in [0.3, 0.4) is 0 Å². The van der Waals surface area contributed by atoms with Crippen molar-refractivity contribution in [1.29, 1.82) is 0 Å². The van der Waals surface area contributed by atoms with Crippen LogP contribution in [0.25, 0.3) is 11.0 Å². The van der Waals surface area contributed by atoms with Crippen LogP contribution in [0.15, 0.2) is 66.7 Å². The summed E-state index contributed by atoms with van der Waals surface area (Å²) < 4.78 is 24.2. The van der Waals surface area contributed by atoms with Crippen molar-refractivity contribution in [3.63, 3.8) is 0 Å². The molecule has 0 N–H and O–H groups in total. The Balaban J connectivity index is 1.74. The number of benzene rings is 3. The molecular formula is C30H31N3O6. The maximum Gasteiger partial charge on any atom is 0.321 e. The molecule has 0 saturated carbocycles. The summed E-state index contributed by atoms with van der Waals surface area (Å²) in [5.74, 6) is -0.362. The van der Waals surface area contributed by atoms with E-state index in [1.54, 1.807) is 24.0 Å². The fourth-order valence-corrected chi connectivity index (χ4v) is 5.21. The predicted octanol–water partition coefficient (Wildman–Crippen LogP) is 4.42. The number of nitrogens with zero attached hydrogens (tertiary/aromatic N) is 3. The molecule has 2 atom stereocenters. The van der Waals surface area contributed by atoms with Gasteiger partial charge in [0.2, 0.25) is 11.9 Å². The number of ether oxygens (including phenoxy) is 4. The fourth-order valence-electron chi connectivity index (χ4n) is 5.21. The van der Waals surface area contributed by atoms with Gasteiger partial charge in [0.1, 0.15) is 5.75 Å². The van der Waals surface area contributed by atoms with Crippen LogP contribution in [0.5, 0.6) is 17.2 Å². The SMILES string of the molecule is CCOC(=O)[C@@H]1C(=O)N(CCc2ccccc2)c2nc3ccccc3n2[C@H]1c1cc(OC)c(OC)cc1OC. The first kappa shape index (κ1) is 26.1. The maximum atomic E-state index is 14.2. The third-order valence-corrected chi connectivity index (χ3v) is 7.01. The van der Waals surface area contributed by atoms with Gasteiger partial charge >= 0.3 is 5.97 Å². The summed E-state index contributed by atoms with van der Waals surface area (Å²) in [5.41, 5.74) is 3.14. The molecule has 5 rings (SSSR count). The Bertz CT molecular complexity index is 1500. The minimum atomic E-state index is -1.18. The topological polar surface area (TPSA) is 92.1 Å². The maximum absolute atomic E-state index is 14.2. The first-order valence-corrected chi connectivity index (χ1v) is 12.8. The second-order valence-corrected chi connectivity index (χ2v) is 9.12. The average Bonchev–Trinajstić information content (AvgIpc) is 3.35.